The number of carbonyl (C=O) groups excluding carboxylic acids is 1. The van der Waals surface area contributed by atoms with Crippen molar-refractivity contribution >= 4 is 41.2 Å². The smallest absolute Gasteiger partial charge is 0.233 e. The summed E-state index contributed by atoms with van der Waals surface area (Å²) in [5, 5.41) is 0.989. The first-order valence-corrected chi connectivity index (χ1v) is 15.2. The fraction of sp³-hybridized carbons (Fsp3) is 0.387. The molecule has 8 heteroatoms. The third-order valence-corrected chi connectivity index (χ3v) is 8.52. The molecular weight excluding hydrogens is 526 g/mol. The van der Waals surface area contributed by atoms with E-state index in [0.717, 1.165) is 70.9 Å². The summed E-state index contributed by atoms with van der Waals surface area (Å²) >= 11 is 7.75. The zero-order chi connectivity index (χ0) is 26.9. The number of piperidine rings is 1. The van der Waals surface area contributed by atoms with Gasteiger partial charge in [-0.1, -0.05) is 96.2 Å². The summed E-state index contributed by atoms with van der Waals surface area (Å²) in [5.41, 5.74) is 2.61. The van der Waals surface area contributed by atoms with Crippen LogP contribution in [0.1, 0.15) is 24.0 Å². The lowest BCUT2D eigenvalue weighted by molar-refractivity contribution is -0.129. The van der Waals surface area contributed by atoms with E-state index in [2.05, 4.69) is 81.5 Å². The molecule has 2 fully saturated rings. The van der Waals surface area contributed by atoms with Crippen LogP contribution in [0, 0.1) is 5.92 Å². The van der Waals surface area contributed by atoms with Gasteiger partial charge in [0.2, 0.25) is 5.91 Å². The van der Waals surface area contributed by atoms with Crippen molar-refractivity contribution in [3.63, 3.8) is 0 Å². The first kappa shape index (κ1) is 27.7. The maximum atomic E-state index is 12.9. The van der Waals surface area contributed by atoms with Crippen molar-refractivity contribution in [2.75, 3.05) is 56.5 Å². The molecule has 6 nitrogen and oxygen atoms in total. The molecule has 2 aliphatic rings. The van der Waals surface area contributed by atoms with Crippen LogP contribution in [0.2, 0.25) is 5.15 Å². The molecular formula is C31H36ClN5OS. The summed E-state index contributed by atoms with van der Waals surface area (Å²) < 4.78 is 0. The maximum Gasteiger partial charge on any atom is 0.233 e. The van der Waals surface area contributed by atoms with E-state index in [1.54, 1.807) is 0 Å². The molecule has 3 aromatic rings. The fourth-order valence-corrected chi connectivity index (χ4v) is 6.21. The van der Waals surface area contributed by atoms with Gasteiger partial charge in [0.25, 0.3) is 0 Å². The Kier molecular flexibility index (Phi) is 9.92. The summed E-state index contributed by atoms with van der Waals surface area (Å²) in [6.45, 7) is 6.26. The van der Waals surface area contributed by atoms with E-state index in [9.17, 15) is 4.79 Å². The first-order valence-electron chi connectivity index (χ1n) is 13.8. The summed E-state index contributed by atoms with van der Waals surface area (Å²) in [4.78, 5) is 28.7. The van der Waals surface area contributed by atoms with Crippen molar-refractivity contribution < 1.29 is 4.79 Å². The van der Waals surface area contributed by atoms with Gasteiger partial charge in [0.15, 0.2) is 5.16 Å². The lowest BCUT2D eigenvalue weighted by Crippen LogP contribution is -2.46. The Morgan fingerprint density at radius 2 is 1.62 bits per heavy atom. The predicted octanol–water partition coefficient (Wildman–Crippen LogP) is 5.54. The van der Waals surface area contributed by atoms with Crippen LogP contribution in [0.3, 0.4) is 0 Å². The Labute approximate surface area is 241 Å². The highest BCUT2D eigenvalue weighted by molar-refractivity contribution is 7.99. The molecule has 1 amide bonds. The van der Waals surface area contributed by atoms with Crippen molar-refractivity contribution in [2.24, 2.45) is 5.92 Å². The molecule has 0 saturated carbocycles. The number of likely N-dealkylation sites (tertiary alicyclic amines) is 1. The second kappa shape index (κ2) is 14.0. The number of hydrogen-bond acceptors (Lipinski definition) is 6. The summed E-state index contributed by atoms with van der Waals surface area (Å²) in [6.07, 6.45) is 7.60. The Morgan fingerprint density at radius 3 is 2.33 bits per heavy atom. The molecule has 2 aliphatic heterocycles. The van der Waals surface area contributed by atoms with Gasteiger partial charge in [0.05, 0.1) is 5.75 Å². The highest BCUT2D eigenvalue weighted by Crippen LogP contribution is 2.25. The number of carbonyl (C=O) groups is 1. The van der Waals surface area contributed by atoms with Crippen LogP contribution in [0.5, 0.6) is 0 Å². The Balaban J connectivity index is 1.06. The minimum atomic E-state index is 0.153. The second-order valence-electron chi connectivity index (χ2n) is 10.2. The number of piperazine rings is 1. The largest absolute Gasteiger partial charge is 0.354 e. The van der Waals surface area contributed by atoms with E-state index >= 15 is 0 Å². The predicted molar refractivity (Wildman–Crippen MR) is 161 cm³/mol. The zero-order valence-corrected chi connectivity index (χ0v) is 23.9. The van der Waals surface area contributed by atoms with E-state index in [-0.39, 0.29) is 5.91 Å². The molecule has 2 aromatic carbocycles. The molecule has 0 unspecified atom stereocenters. The van der Waals surface area contributed by atoms with E-state index in [1.807, 2.05) is 17.0 Å². The van der Waals surface area contributed by atoms with Gasteiger partial charge in [0.1, 0.15) is 11.0 Å². The van der Waals surface area contributed by atoms with Crippen molar-refractivity contribution in [1.82, 2.24) is 19.8 Å². The molecule has 3 heterocycles. The number of rotatable bonds is 9. The van der Waals surface area contributed by atoms with E-state index < -0.39 is 0 Å². The molecule has 0 bridgehead atoms. The summed E-state index contributed by atoms with van der Waals surface area (Å²) in [5.74, 6) is 1.97. The Morgan fingerprint density at radius 1 is 0.923 bits per heavy atom. The van der Waals surface area contributed by atoms with E-state index in [4.69, 9.17) is 16.6 Å². The average Bonchev–Trinajstić information content (AvgIpc) is 2.97. The number of nitrogens with zero attached hydrogens (tertiary/aromatic N) is 5. The fourth-order valence-electron chi connectivity index (χ4n) is 5.23. The van der Waals surface area contributed by atoms with Crippen LogP contribution < -0.4 is 4.90 Å². The molecule has 0 radical (unpaired) electrons. The van der Waals surface area contributed by atoms with Gasteiger partial charge in [-0.25, -0.2) is 9.97 Å². The van der Waals surface area contributed by atoms with Crippen molar-refractivity contribution in [2.45, 2.75) is 24.4 Å². The van der Waals surface area contributed by atoms with Crippen molar-refractivity contribution in [3.8, 4) is 0 Å². The minimum Gasteiger partial charge on any atom is -0.354 e. The number of thioether (sulfide) groups is 1. The van der Waals surface area contributed by atoms with Gasteiger partial charge in [-0.3, -0.25) is 9.69 Å². The Hall–Kier alpha value is -2.87. The number of anilines is 1. The number of amides is 1. The number of aromatic nitrogens is 2. The van der Waals surface area contributed by atoms with Crippen LogP contribution in [-0.4, -0.2) is 77.2 Å². The van der Waals surface area contributed by atoms with E-state index in [0.29, 0.717) is 22.0 Å². The van der Waals surface area contributed by atoms with Crippen LogP contribution >= 0.6 is 23.4 Å². The van der Waals surface area contributed by atoms with Crippen molar-refractivity contribution in [3.05, 3.63) is 89.1 Å². The molecule has 39 heavy (non-hydrogen) atoms. The molecule has 0 N–H and O–H groups in total. The second-order valence-corrected chi connectivity index (χ2v) is 11.6. The Bertz CT molecular complexity index is 1230. The number of benzene rings is 2. The van der Waals surface area contributed by atoms with Gasteiger partial charge < -0.3 is 9.80 Å². The number of halogens is 1. The minimum absolute atomic E-state index is 0.153. The van der Waals surface area contributed by atoms with Gasteiger partial charge in [-0.2, -0.15) is 0 Å². The van der Waals surface area contributed by atoms with Crippen LogP contribution in [-0.2, 0) is 11.2 Å². The standard InChI is InChI=1S/C31H36ClN5OS/c32-28-23-29(36-20-18-35(19-21-36)15-7-12-25-8-3-1-4-9-25)34-31(33-28)39-24-30(38)37-16-13-27(14-17-37)22-26-10-5-2-6-11-26/h1-12,23,27H,13-22,24H2. The van der Waals surface area contributed by atoms with Crippen LogP contribution in [0.25, 0.3) is 6.08 Å². The zero-order valence-electron chi connectivity index (χ0n) is 22.3. The molecule has 0 aliphatic carbocycles. The molecule has 204 valence electrons. The van der Waals surface area contributed by atoms with Crippen LogP contribution in [0.15, 0.2) is 78.0 Å². The lowest BCUT2D eigenvalue weighted by Gasteiger charge is -2.35. The highest BCUT2D eigenvalue weighted by atomic mass is 35.5. The quantitative estimate of drug-likeness (QED) is 0.194. The number of hydrogen-bond donors (Lipinski definition) is 0. The normalized spacial score (nSPS) is 17.2. The summed E-state index contributed by atoms with van der Waals surface area (Å²) in [7, 11) is 0. The molecule has 5 rings (SSSR count). The van der Waals surface area contributed by atoms with Gasteiger partial charge >= 0.3 is 0 Å². The maximum absolute atomic E-state index is 12.9. The molecule has 1 aromatic heterocycles. The lowest BCUT2D eigenvalue weighted by atomic mass is 9.90. The van der Waals surface area contributed by atoms with Gasteiger partial charge in [0, 0.05) is 51.9 Å². The van der Waals surface area contributed by atoms with Gasteiger partial charge in [-0.05, 0) is 36.3 Å². The topological polar surface area (TPSA) is 52.6 Å². The monoisotopic (exact) mass is 561 g/mol. The molecule has 0 spiro atoms. The van der Waals surface area contributed by atoms with Crippen LogP contribution in [0.4, 0.5) is 5.82 Å². The SMILES string of the molecule is O=C(CSc1nc(Cl)cc(N2CCN(CC=Cc3ccccc3)CC2)n1)N1CCC(Cc2ccccc2)CC1. The molecule has 2 saturated heterocycles. The first-order chi connectivity index (χ1) is 19.1. The third-order valence-electron chi connectivity index (χ3n) is 7.49. The summed E-state index contributed by atoms with van der Waals surface area (Å²) in [6, 6.07) is 22.9. The van der Waals surface area contributed by atoms with Gasteiger partial charge in [-0.15, -0.1) is 0 Å². The highest BCUT2D eigenvalue weighted by Gasteiger charge is 2.24. The third kappa shape index (κ3) is 8.31. The van der Waals surface area contributed by atoms with Crippen molar-refractivity contribution in [1.29, 1.82) is 0 Å². The average molecular weight is 562 g/mol. The van der Waals surface area contributed by atoms with E-state index in [1.165, 1.54) is 22.9 Å². The molecule has 0 atom stereocenters.